The molecule has 188 valence electrons. The molecule has 0 spiro atoms. The summed E-state index contributed by atoms with van der Waals surface area (Å²) in [6.45, 7) is 1.81. The van der Waals surface area contributed by atoms with Gasteiger partial charge in [-0.2, -0.15) is 10.2 Å². The average molecular weight is 508 g/mol. The van der Waals surface area contributed by atoms with E-state index in [2.05, 4.69) is 20.3 Å². The fourth-order valence-electron chi connectivity index (χ4n) is 4.38. The Labute approximate surface area is 217 Å². The van der Waals surface area contributed by atoms with E-state index >= 15 is 0 Å². The van der Waals surface area contributed by atoms with Crippen LogP contribution in [0.1, 0.15) is 24.2 Å². The van der Waals surface area contributed by atoms with Crippen LogP contribution in [-0.4, -0.2) is 26.6 Å². The summed E-state index contributed by atoms with van der Waals surface area (Å²) in [6, 6.07) is 18.3. The van der Waals surface area contributed by atoms with Crippen LogP contribution in [0.15, 0.2) is 77.9 Å². The highest BCUT2D eigenvalue weighted by Crippen LogP contribution is 2.31. The maximum absolute atomic E-state index is 14.3. The third kappa shape index (κ3) is 4.49. The van der Waals surface area contributed by atoms with Gasteiger partial charge >= 0.3 is 0 Å². The Bertz CT molecular complexity index is 1780. The largest absolute Gasteiger partial charge is 0.481 e. The molecule has 0 radical (unpaired) electrons. The molecule has 1 atom stereocenters. The Hall–Kier alpha value is -5.30. The van der Waals surface area contributed by atoms with Crippen molar-refractivity contribution in [1.82, 2.24) is 19.5 Å². The molecule has 10 heteroatoms. The first kappa shape index (κ1) is 24.4. The standard InChI is InChI=1S/C28H22FN7O2/c1-16(34-26-19(14-30)15-33-28(31)35-26)23-11-18-5-3-8-22(17-9-10-32-24(12-17)38-2)25(18)27(37)36(23)21-7-4-6-20(29)13-21/h3-13,15-16H,1-2H3,(H3,31,33,34,35)/t16-/m0/s1. The van der Waals surface area contributed by atoms with Gasteiger partial charge in [0, 0.05) is 18.0 Å². The highest BCUT2D eigenvalue weighted by Gasteiger charge is 2.20. The molecule has 0 fully saturated rings. The van der Waals surface area contributed by atoms with Crippen molar-refractivity contribution in [2.75, 3.05) is 18.2 Å². The molecule has 0 aliphatic rings. The van der Waals surface area contributed by atoms with Crippen molar-refractivity contribution in [2.24, 2.45) is 0 Å². The number of nitrogen functional groups attached to an aromatic ring is 1. The Kier molecular flexibility index (Phi) is 6.41. The van der Waals surface area contributed by atoms with E-state index in [0.29, 0.717) is 33.6 Å². The predicted octanol–water partition coefficient (Wildman–Crippen LogP) is 4.62. The molecule has 0 saturated heterocycles. The van der Waals surface area contributed by atoms with Gasteiger partial charge in [0.25, 0.3) is 5.56 Å². The van der Waals surface area contributed by atoms with Crippen LogP contribution >= 0.6 is 0 Å². The minimum atomic E-state index is -0.540. The second-order valence-corrected chi connectivity index (χ2v) is 8.51. The molecule has 5 rings (SSSR count). The first-order valence-corrected chi connectivity index (χ1v) is 11.6. The van der Waals surface area contributed by atoms with Gasteiger partial charge in [0.05, 0.1) is 30.4 Å². The van der Waals surface area contributed by atoms with Crippen molar-refractivity contribution < 1.29 is 9.13 Å². The van der Waals surface area contributed by atoms with Crippen molar-refractivity contribution in [1.29, 1.82) is 5.26 Å². The van der Waals surface area contributed by atoms with E-state index in [1.54, 1.807) is 30.5 Å². The molecular weight excluding hydrogens is 485 g/mol. The SMILES string of the molecule is COc1cc(-c2cccc3cc([C@H](C)Nc4nc(N)ncc4C#N)n(-c4cccc(F)c4)c(=O)c23)ccn1. The normalized spacial score (nSPS) is 11.6. The molecule has 0 saturated carbocycles. The van der Waals surface area contributed by atoms with Gasteiger partial charge in [-0.05, 0) is 53.8 Å². The lowest BCUT2D eigenvalue weighted by molar-refractivity contribution is 0.398. The molecule has 5 aromatic rings. The molecule has 9 nitrogen and oxygen atoms in total. The highest BCUT2D eigenvalue weighted by molar-refractivity contribution is 5.96. The Morgan fingerprint density at radius 1 is 1.13 bits per heavy atom. The summed E-state index contributed by atoms with van der Waals surface area (Å²) >= 11 is 0. The Morgan fingerprint density at radius 3 is 2.71 bits per heavy atom. The fourth-order valence-corrected chi connectivity index (χ4v) is 4.38. The van der Waals surface area contributed by atoms with Crippen LogP contribution in [-0.2, 0) is 0 Å². The molecule has 0 amide bonds. The number of nitrogens with one attached hydrogen (secondary N) is 1. The molecule has 3 aromatic heterocycles. The number of methoxy groups -OCH3 is 1. The third-order valence-electron chi connectivity index (χ3n) is 6.12. The second kappa shape index (κ2) is 9.99. The summed E-state index contributed by atoms with van der Waals surface area (Å²) in [5.41, 5.74) is 7.91. The first-order valence-electron chi connectivity index (χ1n) is 11.6. The van der Waals surface area contributed by atoms with E-state index in [9.17, 15) is 14.4 Å². The number of hydrogen-bond donors (Lipinski definition) is 2. The lowest BCUT2D eigenvalue weighted by Gasteiger charge is -2.22. The molecule has 0 unspecified atom stereocenters. The van der Waals surface area contributed by atoms with E-state index in [-0.39, 0.29) is 22.9 Å². The first-order chi connectivity index (χ1) is 18.4. The zero-order valence-corrected chi connectivity index (χ0v) is 20.5. The molecule has 0 aliphatic heterocycles. The van der Waals surface area contributed by atoms with E-state index < -0.39 is 11.9 Å². The summed E-state index contributed by atoms with van der Waals surface area (Å²) in [7, 11) is 1.52. The molecule has 0 aliphatic carbocycles. The lowest BCUT2D eigenvalue weighted by Crippen LogP contribution is -2.26. The molecule has 3 heterocycles. The molecule has 0 bridgehead atoms. The van der Waals surface area contributed by atoms with Crippen molar-refractivity contribution in [3.8, 4) is 28.8 Å². The summed E-state index contributed by atoms with van der Waals surface area (Å²) in [5, 5.41) is 13.8. The third-order valence-corrected chi connectivity index (χ3v) is 6.12. The number of hydrogen-bond acceptors (Lipinski definition) is 8. The monoisotopic (exact) mass is 507 g/mol. The summed E-state index contributed by atoms with van der Waals surface area (Å²) in [4.78, 5) is 26.4. The maximum Gasteiger partial charge on any atom is 0.263 e. The van der Waals surface area contributed by atoms with Crippen LogP contribution in [0, 0.1) is 17.1 Å². The van der Waals surface area contributed by atoms with Gasteiger partial charge in [0.2, 0.25) is 11.8 Å². The van der Waals surface area contributed by atoms with Gasteiger partial charge in [-0.3, -0.25) is 9.36 Å². The number of rotatable bonds is 6. The smallest absolute Gasteiger partial charge is 0.263 e. The number of nitrogens with zero attached hydrogens (tertiary/aromatic N) is 5. The second-order valence-electron chi connectivity index (χ2n) is 8.51. The molecular formula is C28H22FN7O2. The van der Waals surface area contributed by atoms with Crippen LogP contribution in [0.4, 0.5) is 16.2 Å². The maximum atomic E-state index is 14.3. The predicted molar refractivity (Wildman–Crippen MR) is 142 cm³/mol. The lowest BCUT2D eigenvalue weighted by atomic mass is 9.98. The van der Waals surface area contributed by atoms with Gasteiger partial charge in [0.15, 0.2) is 0 Å². The van der Waals surface area contributed by atoms with E-state index in [1.807, 2.05) is 37.3 Å². The number of pyridine rings is 2. The topological polar surface area (TPSA) is 132 Å². The van der Waals surface area contributed by atoms with E-state index in [4.69, 9.17) is 10.5 Å². The van der Waals surface area contributed by atoms with Crippen molar-refractivity contribution in [2.45, 2.75) is 13.0 Å². The minimum Gasteiger partial charge on any atom is -0.481 e. The summed E-state index contributed by atoms with van der Waals surface area (Å²) < 4.78 is 21.1. The zero-order chi connectivity index (χ0) is 26.8. The van der Waals surface area contributed by atoms with Gasteiger partial charge in [-0.15, -0.1) is 0 Å². The zero-order valence-electron chi connectivity index (χ0n) is 20.5. The fraction of sp³-hybridized carbons (Fsp3) is 0.107. The molecule has 3 N–H and O–H groups in total. The number of benzene rings is 2. The number of fused-ring (bicyclic) bond motifs is 1. The van der Waals surface area contributed by atoms with Gasteiger partial charge < -0.3 is 15.8 Å². The van der Waals surface area contributed by atoms with Crippen LogP contribution in [0.3, 0.4) is 0 Å². The summed E-state index contributed by atoms with van der Waals surface area (Å²) in [6.07, 6.45) is 2.94. The van der Waals surface area contributed by atoms with Crippen LogP contribution in [0.2, 0.25) is 0 Å². The van der Waals surface area contributed by atoms with Gasteiger partial charge in [0.1, 0.15) is 23.3 Å². The van der Waals surface area contributed by atoms with Crippen molar-refractivity contribution >= 4 is 22.5 Å². The minimum absolute atomic E-state index is 0.00264. The number of halogens is 1. The molecule has 2 aromatic carbocycles. The van der Waals surface area contributed by atoms with Crippen molar-refractivity contribution in [3.05, 3.63) is 100 Å². The number of aromatic nitrogens is 4. The summed E-state index contributed by atoms with van der Waals surface area (Å²) in [5.74, 6) is 0.154. The van der Waals surface area contributed by atoms with Gasteiger partial charge in [-0.25, -0.2) is 14.4 Å². The van der Waals surface area contributed by atoms with Crippen LogP contribution in [0.25, 0.3) is 27.6 Å². The number of anilines is 2. The van der Waals surface area contributed by atoms with Crippen molar-refractivity contribution in [3.63, 3.8) is 0 Å². The number of nitriles is 1. The Balaban J connectivity index is 1.76. The number of ether oxygens (including phenoxy) is 1. The highest BCUT2D eigenvalue weighted by atomic mass is 19.1. The van der Waals surface area contributed by atoms with Crippen LogP contribution < -0.4 is 21.3 Å². The van der Waals surface area contributed by atoms with E-state index in [1.165, 1.54) is 30.0 Å². The number of nitrogens with two attached hydrogens (primary N) is 1. The van der Waals surface area contributed by atoms with Gasteiger partial charge in [-0.1, -0.05) is 24.3 Å². The Morgan fingerprint density at radius 2 is 1.95 bits per heavy atom. The average Bonchev–Trinajstić information content (AvgIpc) is 2.92. The van der Waals surface area contributed by atoms with Crippen LogP contribution in [0.5, 0.6) is 5.88 Å². The molecule has 38 heavy (non-hydrogen) atoms. The quantitative estimate of drug-likeness (QED) is 0.340. The van der Waals surface area contributed by atoms with E-state index in [0.717, 1.165) is 5.56 Å².